The second-order valence-corrected chi connectivity index (χ2v) is 7.71. The summed E-state index contributed by atoms with van der Waals surface area (Å²) in [6.07, 6.45) is -2.00. The highest BCUT2D eigenvalue weighted by Gasteiger charge is 2.30. The molecule has 36 heavy (non-hydrogen) atoms. The van der Waals surface area contributed by atoms with Crippen molar-refractivity contribution in [1.29, 1.82) is 0 Å². The molecule has 0 aliphatic heterocycles. The van der Waals surface area contributed by atoms with Gasteiger partial charge in [0.2, 0.25) is 17.7 Å². The predicted molar refractivity (Wildman–Crippen MR) is 119 cm³/mol. The Kier molecular flexibility index (Phi) is 11.8. The number of carbonyl (C=O) groups excluding carboxylic acids is 3. The maximum atomic E-state index is 12.8. The molecule has 0 aliphatic rings. The van der Waals surface area contributed by atoms with E-state index in [9.17, 15) is 44.1 Å². The third-order valence-electron chi connectivity index (χ3n) is 4.82. The van der Waals surface area contributed by atoms with E-state index in [0.29, 0.717) is 5.56 Å². The minimum atomic E-state index is -1.66. The van der Waals surface area contributed by atoms with E-state index in [4.69, 9.17) is 15.9 Å². The van der Waals surface area contributed by atoms with Gasteiger partial charge in [-0.1, -0.05) is 12.1 Å². The molecule has 10 N–H and O–H groups in total. The fraction of sp³-hybridized carbons (Fsp3) is 0.429. The molecule has 15 heteroatoms. The van der Waals surface area contributed by atoms with Crippen molar-refractivity contribution in [2.45, 2.75) is 49.9 Å². The Hall–Kier alpha value is -4.24. The third kappa shape index (κ3) is 10.4. The average molecular weight is 512 g/mol. The second-order valence-electron chi connectivity index (χ2n) is 7.71. The Balaban J connectivity index is 2.95. The quantitative estimate of drug-likeness (QED) is 0.115. The lowest BCUT2D eigenvalue weighted by molar-refractivity contribution is -0.143. The summed E-state index contributed by atoms with van der Waals surface area (Å²) in [5.74, 6) is -7.40. The Morgan fingerprint density at radius 3 is 1.81 bits per heavy atom. The zero-order valence-electron chi connectivity index (χ0n) is 18.9. The fourth-order valence-corrected chi connectivity index (χ4v) is 2.90. The van der Waals surface area contributed by atoms with Crippen LogP contribution in [-0.2, 0) is 35.2 Å². The van der Waals surface area contributed by atoms with Gasteiger partial charge in [0.25, 0.3) is 0 Å². The topological polar surface area (TPSA) is 266 Å². The van der Waals surface area contributed by atoms with Crippen LogP contribution < -0.4 is 21.7 Å². The number of aliphatic hydroxyl groups excluding tert-OH is 1. The number of amides is 3. The van der Waals surface area contributed by atoms with Gasteiger partial charge in [0.15, 0.2) is 0 Å². The van der Waals surface area contributed by atoms with Crippen molar-refractivity contribution in [3.8, 4) is 5.75 Å². The zero-order valence-corrected chi connectivity index (χ0v) is 18.9. The largest absolute Gasteiger partial charge is 0.508 e. The predicted octanol–water partition coefficient (Wildman–Crippen LogP) is -2.87. The summed E-state index contributed by atoms with van der Waals surface area (Å²) in [5.41, 5.74) is 5.85. The first-order valence-corrected chi connectivity index (χ1v) is 10.6. The van der Waals surface area contributed by atoms with E-state index in [1.165, 1.54) is 24.3 Å². The van der Waals surface area contributed by atoms with Crippen LogP contribution in [0.25, 0.3) is 0 Å². The molecular formula is C21H28N4O11. The number of aromatic hydroxyl groups is 1. The standard InChI is InChI=1S/C21H28N4O11/c22-12(8-17(30)31)18(32)25-15(9-26)20(34)23-13(5-6-16(28)29)19(33)24-14(21(35)36)7-10-1-3-11(27)4-2-10/h1-4,12-15,26-27H,5-9,22H2,(H,23,34)(H,24,33)(H,25,32)(H,28,29)(H,30,31)(H,35,36). The van der Waals surface area contributed by atoms with Crippen LogP contribution in [0.4, 0.5) is 0 Å². The van der Waals surface area contributed by atoms with Gasteiger partial charge in [0.05, 0.1) is 19.1 Å². The SMILES string of the molecule is NC(CC(=O)O)C(=O)NC(CO)C(=O)NC(CCC(=O)O)C(=O)NC(Cc1ccc(O)cc1)C(=O)O. The maximum absolute atomic E-state index is 12.8. The fourth-order valence-electron chi connectivity index (χ4n) is 2.90. The van der Waals surface area contributed by atoms with E-state index in [1.807, 2.05) is 5.32 Å². The lowest BCUT2D eigenvalue weighted by Gasteiger charge is -2.24. The molecule has 0 radical (unpaired) electrons. The van der Waals surface area contributed by atoms with Gasteiger partial charge in [-0.15, -0.1) is 0 Å². The molecule has 0 fully saturated rings. The molecule has 0 spiro atoms. The number of hydrogen-bond acceptors (Lipinski definition) is 9. The van der Waals surface area contributed by atoms with Crippen LogP contribution in [0.15, 0.2) is 24.3 Å². The molecule has 1 rings (SSSR count). The van der Waals surface area contributed by atoms with Gasteiger partial charge >= 0.3 is 17.9 Å². The molecule has 1 aromatic carbocycles. The highest BCUT2D eigenvalue weighted by molar-refractivity contribution is 5.95. The summed E-state index contributed by atoms with van der Waals surface area (Å²) in [5, 5.41) is 52.3. The molecular weight excluding hydrogens is 484 g/mol. The van der Waals surface area contributed by atoms with Crippen LogP contribution in [-0.4, -0.2) is 91.9 Å². The van der Waals surface area contributed by atoms with Gasteiger partial charge in [-0.25, -0.2) is 4.79 Å². The van der Waals surface area contributed by atoms with E-state index < -0.39 is 85.7 Å². The Morgan fingerprint density at radius 2 is 1.31 bits per heavy atom. The van der Waals surface area contributed by atoms with Gasteiger partial charge < -0.3 is 47.2 Å². The van der Waals surface area contributed by atoms with Crippen molar-refractivity contribution < 1.29 is 54.3 Å². The zero-order chi connectivity index (χ0) is 27.4. The molecule has 4 atom stereocenters. The number of nitrogens with two attached hydrogens (primary N) is 1. The first kappa shape index (κ1) is 29.8. The number of phenols is 1. The summed E-state index contributed by atoms with van der Waals surface area (Å²) in [6.45, 7) is -0.969. The third-order valence-corrected chi connectivity index (χ3v) is 4.82. The van der Waals surface area contributed by atoms with Crippen LogP contribution in [0.1, 0.15) is 24.8 Å². The van der Waals surface area contributed by atoms with Crippen molar-refractivity contribution in [2.75, 3.05) is 6.61 Å². The van der Waals surface area contributed by atoms with Gasteiger partial charge in [0, 0.05) is 12.8 Å². The smallest absolute Gasteiger partial charge is 0.326 e. The van der Waals surface area contributed by atoms with E-state index in [1.54, 1.807) is 0 Å². The van der Waals surface area contributed by atoms with Crippen molar-refractivity contribution in [3.63, 3.8) is 0 Å². The lowest BCUT2D eigenvalue weighted by Crippen LogP contribution is -2.58. The molecule has 0 aliphatic carbocycles. The number of phenolic OH excluding ortho intramolecular Hbond substituents is 1. The van der Waals surface area contributed by atoms with E-state index in [0.717, 1.165) is 0 Å². The van der Waals surface area contributed by atoms with Gasteiger partial charge in [-0.05, 0) is 24.1 Å². The number of carboxylic acids is 3. The number of aliphatic carboxylic acids is 3. The van der Waals surface area contributed by atoms with E-state index in [-0.39, 0.29) is 12.2 Å². The molecule has 0 saturated carbocycles. The average Bonchev–Trinajstić information content (AvgIpc) is 2.79. The van der Waals surface area contributed by atoms with Crippen molar-refractivity contribution >= 4 is 35.6 Å². The molecule has 0 bridgehead atoms. The summed E-state index contributed by atoms with van der Waals surface area (Å²) in [7, 11) is 0. The van der Waals surface area contributed by atoms with Crippen LogP contribution in [0, 0.1) is 0 Å². The second kappa shape index (κ2) is 14.2. The number of benzene rings is 1. The highest BCUT2D eigenvalue weighted by Crippen LogP contribution is 2.12. The normalized spacial score (nSPS) is 13.9. The van der Waals surface area contributed by atoms with Crippen LogP contribution in [0.5, 0.6) is 5.75 Å². The highest BCUT2D eigenvalue weighted by atomic mass is 16.4. The van der Waals surface area contributed by atoms with E-state index >= 15 is 0 Å². The Labute approximate surface area is 204 Å². The summed E-state index contributed by atoms with van der Waals surface area (Å²) >= 11 is 0. The summed E-state index contributed by atoms with van der Waals surface area (Å²) in [4.78, 5) is 70.6. The first-order valence-electron chi connectivity index (χ1n) is 10.6. The van der Waals surface area contributed by atoms with Crippen LogP contribution in [0.2, 0.25) is 0 Å². The Bertz CT molecular complexity index is 967. The van der Waals surface area contributed by atoms with Gasteiger partial charge in [0.1, 0.15) is 23.9 Å². The number of hydrogen-bond donors (Lipinski definition) is 9. The molecule has 0 saturated heterocycles. The Morgan fingerprint density at radius 1 is 0.778 bits per heavy atom. The molecule has 0 aromatic heterocycles. The molecule has 198 valence electrons. The van der Waals surface area contributed by atoms with E-state index in [2.05, 4.69) is 10.6 Å². The monoisotopic (exact) mass is 512 g/mol. The van der Waals surface area contributed by atoms with Crippen LogP contribution >= 0.6 is 0 Å². The van der Waals surface area contributed by atoms with Gasteiger partial charge in [-0.3, -0.25) is 24.0 Å². The van der Waals surface area contributed by atoms with Gasteiger partial charge in [-0.2, -0.15) is 0 Å². The molecule has 15 nitrogen and oxygen atoms in total. The lowest BCUT2D eigenvalue weighted by atomic mass is 10.0. The number of carboxylic acid groups (broad SMARTS) is 3. The molecule has 3 amide bonds. The van der Waals surface area contributed by atoms with Crippen molar-refractivity contribution in [1.82, 2.24) is 16.0 Å². The number of rotatable bonds is 15. The van der Waals surface area contributed by atoms with Crippen molar-refractivity contribution in [3.05, 3.63) is 29.8 Å². The first-order chi connectivity index (χ1) is 16.8. The minimum Gasteiger partial charge on any atom is -0.508 e. The maximum Gasteiger partial charge on any atom is 0.326 e. The number of nitrogens with one attached hydrogen (secondary N) is 3. The summed E-state index contributed by atoms with van der Waals surface area (Å²) < 4.78 is 0. The van der Waals surface area contributed by atoms with Crippen molar-refractivity contribution in [2.24, 2.45) is 5.73 Å². The number of carbonyl (C=O) groups is 6. The minimum absolute atomic E-state index is 0.0550. The number of aliphatic hydroxyl groups is 1. The molecule has 0 heterocycles. The molecule has 4 unspecified atom stereocenters. The summed E-state index contributed by atoms with van der Waals surface area (Å²) in [6, 6.07) is -0.732. The van der Waals surface area contributed by atoms with Crippen LogP contribution in [0.3, 0.4) is 0 Å². The molecule has 1 aromatic rings.